The fraction of sp³-hybridized carbons (Fsp3) is 0.500. The molecule has 1 amide bonds. The molecule has 0 heterocycles. The normalized spacial score (nSPS) is 18.7. The van der Waals surface area contributed by atoms with Crippen LogP contribution in [0, 0.1) is 5.92 Å². The third-order valence-corrected chi connectivity index (χ3v) is 3.06. The topological polar surface area (TPSA) is 38.7 Å². The van der Waals surface area contributed by atoms with Gasteiger partial charge in [-0.3, -0.25) is 0 Å². The molecule has 1 aromatic carbocycles. The van der Waals surface area contributed by atoms with Crippen LogP contribution in [0.15, 0.2) is 35.3 Å². The van der Waals surface area contributed by atoms with Crippen molar-refractivity contribution in [3.05, 3.63) is 35.9 Å². The zero-order chi connectivity index (χ0) is 13.9. The van der Waals surface area contributed by atoms with E-state index in [1.807, 2.05) is 26.8 Å². The summed E-state index contributed by atoms with van der Waals surface area (Å²) in [4.78, 5) is 15.5. The first kappa shape index (κ1) is 13.8. The van der Waals surface area contributed by atoms with Gasteiger partial charge in [-0.25, -0.2) is 4.79 Å². The Labute approximate surface area is 114 Å². The lowest BCUT2D eigenvalue weighted by molar-refractivity contribution is 0.0602. The Morgan fingerprint density at radius 3 is 2.47 bits per heavy atom. The smallest absolute Gasteiger partial charge is 0.434 e. The lowest BCUT2D eigenvalue weighted by Crippen LogP contribution is -2.28. The molecular formula is C16H21NO2. The van der Waals surface area contributed by atoms with Crippen LogP contribution in [0.3, 0.4) is 0 Å². The van der Waals surface area contributed by atoms with Crippen molar-refractivity contribution >= 4 is 11.8 Å². The molecule has 0 radical (unpaired) electrons. The van der Waals surface area contributed by atoms with E-state index in [1.165, 1.54) is 5.56 Å². The van der Waals surface area contributed by atoms with Crippen LogP contribution < -0.4 is 0 Å². The van der Waals surface area contributed by atoms with Crippen molar-refractivity contribution < 1.29 is 9.53 Å². The van der Waals surface area contributed by atoms with Crippen LogP contribution in [0.5, 0.6) is 0 Å². The molecule has 19 heavy (non-hydrogen) atoms. The van der Waals surface area contributed by atoms with Gasteiger partial charge in [0.1, 0.15) is 5.60 Å². The van der Waals surface area contributed by atoms with Crippen molar-refractivity contribution in [2.24, 2.45) is 10.9 Å². The number of aliphatic imine (C=N–C) groups is 1. The van der Waals surface area contributed by atoms with Gasteiger partial charge >= 0.3 is 6.09 Å². The van der Waals surface area contributed by atoms with E-state index in [2.05, 4.69) is 29.3 Å². The molecule has 0 aromatic heterocycles. The molecule has 0 atom stereocenters. The van der Waals surface area contributed by atoms with Crippen molar-refractivity contribution in [2.75, 3.05) is 0 Å². The van der Waals surface area contributed by atoms with Crippen LogP contribution in [0.2, 0.25) is 0 Å². The molecule has 0 N–H and O–H groups in total. The number of carbonyl (C=O) groups excluding carboxylic acids is 1. The van der Waals surface area contributed by atoms with E-state index in [9.17, 15) is 4.79 Å². The molecule has 102 valence electrons. The van der Waals surface area contributed by atoms with E-state index in [1.54, 1.807) is 0 Å². The van der Waals surface area contributed by atoms with Crippen LogP contribution in [-0.2, 0) is 11.2 Å². The SMILES string of the molecule is CC(C)(C)OC(=O)N=C1CC(Cc2ccccc2)C1. The van der Waals surface area contributed by atoms with Crippen LogP contribution in [0.1, 0.15) is 39.2 Å². The number of nitrogens with zero attached hydrogens (tertiary/aromatic N) is 1. The summed E-state index contributed by atoms with van der Waals surface area (Å²) in [6, 6.07) is 10.4. The van der Waals surface area contributed by atoms with Gasteiger partial charge in [-0.15, -0.1) is 0 Å². The second-order valence-electron chi connectivity index (χ2n) is 6.12. The summed E-state index contributed by atoms with van der Waals surface area (Å²) in [6.07, 6.45) is 2.43. The van der Waals surface area contributed by atoms with Crippen molar-refractivity contribution in [1.29, 1.82) is 0 Å². The monoisotopic (exact) mass is 259 g/mol. The minimum absolute atomic E-state index is 0.458. The predicted octanol–water partition coefficient (Wildman–Crippen LogP) is 4.02. The molecule has 1 aliphatic carbocycles. The first-order valence-corrected chi connectivity index (χ1v) is 6.76. The van der Waals surface area contributed by atoms with E-state index in [0.29, 0.717) is 5.92 Å². The van der Waals surface area contributed by atoms with Crippen molar-refractivity contribution in [1.82, 2.24) is 0 Å². The number of hydrogen-bond donors (Lipinski definition) is 0. The minimum atomic E-state index is -0.464. The van der Waals surface area contributed by atoms with Crippen molar-refractivity contribution in [3.63, 3.8) is 0 Å². The zero-order valence-corrected chi connectivity index (χ0v) is 11.8. The number of carbonyl (C=O) groups is 1. The fourth-order valence-electron chi connectivity index (χ4n) is 2.20. The quantitative estimate of drug-likeness (QED) is 0.804. The van der Waals surface area contributed by atoms with Crippen LogP contribution in [0.25, 0.3) is 0 Å². The van der Waals surface area contributed by atoms with Gasteiger partial charge in [0.05, 0.1) is 0 Å². The fourth-order valence-corrected chi connectivity index (χ4v) is 2.20. The van der Waals surface area contributed by atoms with Gasteiger partial charge in [-0.05, 0) is 51.5 Å². The van der Waals surface area contributed by atoms with Crippen molar-refractivity contribution in [3.8, 4) is 0 Å². The number of hydrogen-bond acceptors (Lipinski definition) is 2. The molecule has 1 aliphatic rings. The maximum atomic E-state index is 11.5. The van der Waals surface area contributed by atoms with Gasteiger partial charge in [0, 0.05) is 5.71 Å². The molecule has 3 nitrogen and oxygen atoms in total. The summed E-state index contributed by atoms with van der Waals surface area (Å²) in [5, 5.41) is 0. The summed E-state index contributed by atoms with van der Waals surface area (Å²) < 4.78 is 5.17. The summed E-state index contributed by atoms with van der Waals surface area (Å²) in [5.41, 5.74) is 1.85. The highest BCUT2D eigenvalue weighted by Gasteiger charge is 2.26. The van der Waals surface area contributed by atoms with E-state index >= 15 is 0 Å². The van der Waals surface area contributed by atoms with E-state index in [0.717, 1.165) is 25.0 Å². The highest BCUT2D eigenvalue weighted by atomic mass is 16.6. The largest absolute Gasteiger partial charge is 0.442 e. The Balaban J connectivity index is 1.78. The molecule has 1 aromatic rings. The Morgan fingerprint density at radius 2 is 1.89 bits per heavy atom. The minimum Gasteiger partial charge on any atom is -0.442 e. The summed E-state index contributed by atoms with van der Waals surface area (Å²) in [5.74, 6) is 0.614. The molecule has 1 saturated carbocycles. The Hall–Kier alpha value is -1.64. The molecule has 2 rings (SSSR count). The van der Waals surface area contributed by atoms with Gasteiger partial charge in [-0.2, -0.15) is 4.99 Å². The molecule has 3 heteroatoms. The Kier molecular flexibility index (Phi) is 4.03. The third kappa shape index (κ3) is 4.51. The van der Waals surface area contributed by atoms with Crippen molar-refractivity contribution in [2.45, 2.75) is 45.6 Å². The van der Waals surface area contributed by atoms with Crippen LogP contribution >= 0.6 is 0 Å². The maximum Gasteiger partial charge on any atom is 0.434 e. The lowest BCUT2D eigenvalue weighted by atomic mass is 9.79. The van der Waals surface area contributed by atoms with Gasteiger partial charge in [0.2, 0.25) is 0 Å². The summed E-state index contributed by atoms with van der Waals surface area (Å²) >= 11 is 0. The average molecular weight is 259 g/mol. The highest BCUT2D eigenvalue weighted by Crippen LogP contribution is 2.28. The molecule has 0 aliphatic heterocycles. The zero-order valence-electron chi connectivity index (χ0n) is 11.8. The van der Waals surface area contributed by atoms with E-state index < -0.39 is 11.7 Å². The van der Waals surface area contributed by atoms with Crippen LogP contribution in [0.4, 0.5) is 4.79 Å². The lowest BCUT2D eigenvalue weighted by Gasteiger charge is -2.28. The summed E-state index contributed by atoms with van der Waals surface area (Å²) in [7, 11) is 0. The number of amides is 1. The Bertz CT molecular complexity index is 463. The van der Waals surface area contributed by atoms with Gasteiger partial charge in [-0.1, -0.05) is 30.3 Å². The first-order valence-electron chi connectivity index (χ1n) is 6.76. The standard InChI is InChI=1S/C16H21NO2/c1-16(2,3)19-15(18)17-14-10-13(11-14)9-12-7-5-4-6-8-12/h4-8,13H,9-11H2,1-3H3. The van der Waals surface area contributed by atoms with Crippen LogP contribution in [-0.4, -0.2) is 17.4 Å². The van der Waals surface area contributed by atoms with Gasteiger partial charge in [0.25, 0.3) is 0 Å². The Morgan fingerprint density at radius 1 is 1.26 bits per heavy atom. The number of benzene rings is 1. The molecule has 0 saturated heterocycles. The van der Waals surface area contributed by atoms with E-state index in [4.69, 9.17) is 4.74 Å². The highest BCUT2D eigenvalue weighted by molar-refractivity contribution is 5.97. The molecule has 0 bridgehead atoms. The molecular weight excluding hydrogens is 238 g/mol. The predicted molar refractivity (Wildman–Crippen MR) is 76.5 cm³/mol. The average Bonchev–Trinajstić information content (AvgIpc) is 2.25. The first-order chi connectivity index (χ1) is 8.92. The number of ether oxygens (including phenoxy) is 1. The number of rotatable bonds is 2. The molecule has 0 unspecified atom stereocenters. The van der Waals surface area contributed by atoms with E-state index in [-0.39, 0.29) is 0 Å². The third-order valence-electron chi connectivity index (χ3n) is 3.06. The maximum absolute atomic E-state index is 11.5. The summed E-state index contributed by atoms with van der Waals surface area (Å²) in [6.45, 7) is 5.55. The molecule has 0 spiro atoms. The molecule has 1 fully saturated rings. The second kappa shape index (κ2) is 5.55. The second-order valence-corrected chi connectivity index (χ2v) is 6.12. The van der Waals surface area contributed by atoms with Gasteiger partial charge in [0.15, 0.2) is 0 Å². The van der Waals surface area contributed by atoms with Gasteiger partial charge < -0.3 is 4.74 Å².